The van der Waals surface area contributed by atoms with E-state index in [0.29, 0.717) is 0 Å². The van der Waals surface area contributed by atoms with Crippen LogP contribution in [0, 0.1) is 11.3 Å². The zero-order chi connectivity index (χ0) is 12.1. The van der Waals surface area contributed by atoms with E-state index in [1.54, 1.807) is 27.7 Å². The fourth-order valence-corrected chi connectivity index (χ4v) is 3.87. The fraction of sp³-hybridized carbons (Fsp3) is 0.889. The molecule has 0 aromatic rings. The zero-order valence-electron chi connectivity index (χ0n) is 9.80. The molecule has 3 N–H and O–H groups in total. The summed E-state index contributed by atoms with van der Waals surface area (Å²) in [6.07, 6.45) is -0.326. The maximum absolute atomic E-state index is 10.3. The molecule has 0 saturated heterocycles. The third kappa shape index (κ3) is 6.03. The summed E-state index contributed by atoms with van der Waals surface area (Å²) < 4.78 is 10.7. The molecule has 0 aliphatic heterocycles. The molecular weight excluding hydrogens is 215 g/mol. The van der Waals surface area contributed by atoms with Gasteiger partial charge in [0.15, 0.2) is 0 Å². The van der Waals surface area contributed by atoms with Gasteiger partial charge in [-0.15, -0.1) is 0 Å². The van der Waals surface area contributed by atoms with Gasteiger partial charge in [-0.05, 0) is 0 Å². The van der Waals surface area contributed by atoms with Gasteiger partial charge in [-0.25, -0.2) is 0 Å². The molecule has 0 rings (SSSR count). The third-order valence-electron chi connectivity index (χ3n) is 1.51. The summed E-state index contributed by atoms with van der Waals surface area (Å²) in [7, 11) is -4.09. The Morgan fingerprint density at radius 1 is 1.27 bits per heavy atom. The second-order valence-electron chi connectivity index (χ2n) is 4.09. The van der Waals surface area contributed by atoms with E-state index < -0.39 is 7.43 Å². The topological polar surface area (TPSA) is 88.5 Å². The summed E-state index contributed by atoms with van der Waals surface area (Å²) in [5.41, 5.74) is 5.82. The second kappa shape index (κ2) is 5.20. The van der Waals surface area contributed by atoms with Crippen molar-refractivity contribution in [2.45, 2.75) is 46.3 Å². The predicted octanol–water partition coefficient (Wildman–Crippen LogP) is 1.91. The summed E-state index contributed by atoms with van der Waals surface area (Å²) >= 11 is 0. The molecule has 0 heterocycles. The average molecular weight is 236 g/mol. The first-order chi connectivity index (χ1) is 6.68. The molecule has 15 heavy (non-hydrogen) atoms. The first-order valence-corrected chi connectivity index (χ1v) is 7.28. The molecular formula is C9H21N2O3P. The Labute approximate surface area is 91.4 Å². The van der Waals surface area contributed by atoms with Crippen LogP contribution in [-0.4, -0.2) is 23.3 Å². The number of rotatable bonds is 6. The molecule has 90 valence electrons. The van der Waals surface area contributed by atoms with Crippen LogP contribution in [-0.2, 0) is 9.05 Å². The molecule has 5 nitrogen and oxygen atoms in total. The second-order valence-corrected chi connectivity index (χ2v) is 7.25. The molecule has 0 radical (unpaired) electrons. The van der Waals surface area contributed by atoms with Crippen molar-refractivity contribution in [1.82, 2.24) is 0 Å². The van der Waals surface area contributed by atoms with Crippen LogP contribution in [0.2, 0.25) is 0 Å². The minimum atomic E-state index is -4.09. The van der Waals surface area contributed by atoms with Crippen molar-refractivity contribution < 1.29 is 13.9 Å². The number of nitrogens with two attached hydrogens (primary N) is 1. The zero-order valence-corrected chi connectivity index (χ0v) is 10.7. The summed E-state index contributed by atoms with van der Waals surface area (Å²) in [5, 5.41) is 8.51. The average Bonchev–Trinajstić information content (AvgIpc) is 1.96. The van der Waals surface area contributed by atoms with Gasteiger partial charge >= 0.3 is 90.7 Å². The number of hydrogen-bond acceptors (Lipinski definition) is 5. The third-order valence-corrected chi connectivity index (χ3v) is 4.30. The first-order valence-electron chi connectivity index (χ1n) is 5.00. The molecule has 0 aromatic heterocycles. The van der Waals surface area contributed by atoms with Crippen LogP contribution in [0.5, 0.6) is 0 Å². The van der Waals surface area contributed by atoms with Gasteiger partial charge in [-0.3, -0.25) is 0 Å². The van der Waals surface area contributed by atoms with Crippen molar-refractivity contribution in [3.63, 3.8) is 0 Å². The molecule has 0 spiro atoms. The summed E-state index contributed by atoms with van der Waals surface area (Å²) in [6, 6.07) is 1.93. The molecule has 0 unspecified atom stereocenters. The normalized spacial score (nSPS) is 15.0. The van der Waals surface area contributed by atoms with E-state index in [1.807, 2.05) is 6.07 Å². The van der Waals surface area contributed by atoms with E-state index in [2.05, 4.69) is 0 Å². The quantitative estimate of drug-likeness (QED) is 0.688. The van der Waals surface area contributed by atoms with Crippen LogP contribution in [0.25, 0.3) is 0 Å². The number of nitriles is 1. The van der Waals surface area contributed by atoms with Crippen molar-refractivity contribution in [3.05, 3.63) is 0 Å². The Morgan fingerprint density at radius 2 is 1.67 bits per heavy atom. The van der Waals surface area contributed by atoms with E-state index in [1.165, 1.54) is 0 Å². The van der Waals surface area contributed by atoms with Crippen LogP contribution in [0.1, 0.15) is 34.1 Å². The van der Waals surface area contributed by atoms with Gasteiger partial charge in [0.2, 0.25) is 0 Å². The molecule has 0 aliphatic rings. The number of hydrogen-bond donors (Lipinski definition) is 2. The summed E-state index contributed by atoms with van der Waals surface area (Å²) in [4.78, 5) is 10.3. The monoisotopic (exact) mass is 236 g/mol. The molecule has 6 heteroatoms. The standard InChI is InChI=1S/C9H21N2O3P/c1-8(2)13-15(11,12,7-5-6-10)14-9(3)4/h8-9,12H,5,7,11H2,1-4H3. The van der Waals surface area contributed by atoms with Crippen molar-refractivity contribution >= 4 is 7.43 Å². The molecule has 0 fully saturated rings. The van der Waals surface area contributed by atoms with E-state index in [0.717, 1.165) is 0 Å². The Hall–Kier alpha value is -0.240. The van der Waals surface area contributed by atoms with E-state index >= 15 is 0 Å². The van der Waals surface area contributed by atoms with Gasteiger partial charge in [0.05, 0.1) is 0 Å². The number of nitrogens with zero attached hydrogens (tertiary/aromatic N) is 1. The van der Waals surface area contributed by atoms with Crippen LogP contribution in [0.4, 0.5) is 0 Å². The van der Waals surface area contributed by atoms with Crippen molar-refractivity contribution in [2.75, 3.05) is 6.16 Å². The van der Waals surface area contributed by atoms with Gasteiger partial charge in [0, 0.05) is 0 Å². The molecule has 0 amide bonds. The molecule has 0 saturated carbocycles. The van der Waals surface area contributed by atoms with Gasteiger partial charge in [0.1, 0.15) is 0 Å². The van der Waals surface area contributed by atoms with Crippen LogP contribution in [0.15, 0.2) is 0 Å². The van der Waals surface area contributed by atoms with Crippen LogP contribution < -0.4 is 5.50 Å². The van der Waals surface area contributed by atoms with E-state index in [4.69, 9.17) is 19.8 Å². The van der Waals surface area contributed by atoms with E-state index in [9.17, 15) is 4.89 Å². The van der Waals surface area contributed by atoms with Gasteiger partial charge in [-0.1, -0.05) is 0 Å². The predicted molar refractivity (Wildman–Crippen MR) is 60.9 cm³/mol. The van der Waals surface area contributed by atoms with Crippen LogP contribution >= 0.6 is 7.43 Å². The van der Waals surface area contributed by atoms with Gasteiger partial charge < -0.3 is 0 Å². The van der Waals surface area contributed by atoms with Gasteiger partial charge in [-0.2, -0.15) is 0 Å². The maximum atomic E-state index is 10.3. The molecule has 0 bridgehead atoms. The van der Waals surface area contributed by atoms with E-state index in [-0.39, 0.29) is 24.8 Å². The molecule has 0 aliphatic carbocycles. The Morgan fingerprint density at radius 3 is 1.93 bits per heavy atom. The summed E-state index contributed by atoms with van der Waals surface area (Å²) in [6.45, 7) is 7.06. The Bertz CT molecular complexity index is 234. The Kier molecular flexibility index (Phi) is 5.12. The Balaban J connectivity index is 4.72. The fourth-order valence-electron chi connectivity index (χ4n) is 1.29. The molecule has 0 aromatic carbocycles. The summed E-state index contributed by atoms with van der Waals surface area (Å²) in [5.74, 6) is 0. The van der Waals surface area contributed by atoms with Crippen molar-refractivity contribution in [2.24, 2.45) is 5.50 Å². The first kappa shape index (κ1) is 14.8. The van der Waals surface area contributed by atoms with Crippen LogP contribution in [0.3, 0.4) is 0 Å². The van der Waals surface area contributed by atoms with Crippen molar-refractivity contribution in [1.29, 1.82) is 5.26 Å². The molecule has 0 atom stereocenters. The van der Waals surface area contributed by atoms with Crippen molar-refractivity contribution in [3.8, 4) is 6.07 Å². The SMILES string of the molecule is CC(C)OP(N)(O)(CCC#N)OC(C)C. The minimum absolute atomic E-state index is 0.0401. The van der Waals surface area contributed by atoms with Gasteiger partial charge in [0.25, 0.3) is 0 Å².